The van der Waals surface area contributed by atoms with Crippen molar-refractivity contribution in [3.8, 4) is 11.5 Å². The number of ketones is 1. The number of fused-ring (bicyclic) bond motifs is 1. The Bertz CT molecular complexity index is 1240. The first kappa shape index (κ1) is 22.6. The zero-order chi connectivity index (χ0) is 23.4. The molecule has 0 aliphatic carbocycles. The highest BCUT2D eigenvalue weighted by Crippen LogP contribution is 2.29. The third-order valence-electron chi connectivity index (χ3n) is 4.77. The van der Waals surface area contributed by atoms with Gasteiger partial charge < -0.3 is 19.5 Å². The van der Waals surface area contributed by atoms with Crippen molar-refractivity contribution in [1.29, 1.82) is 0 Å². The summed E-state index contributed by atoms with van der Waals surface area (Å²) in [6.45, 7) is -0.449. The Morgan fingerprint density at radius 2 is 1.85 bits per heavy atom. The Balaban J connectivity index is 1.40. The van der Waals surface area contributed by atoms with E-state index in [1.165, 1.54) is 12.1 Å². The molecule has 1 amide bonds. The van der Waals surface area contributed by atoms with Crippen LogP contribution in [-0.2, 0) is 16.1 Å². The van der Waals surface area contributed by atoms with Gasteiger partial charge in [0, 0.05) is 21.2 Å². The molecule has 3 aromatic carbocycles. The van der Waals surface area contributed by atoms with Gasteiger partial charge in [-0.2, -0.15) is 0 Å². The van der Waals surface area contributed by atoms with Crippen molar-refractivity contribution in [1.82, 2.24) is 0 Å². The van der Waals surface area contributed by atoms with Gasteiger partial charge in [0.25, 0.3) is 5.91 Å². The van der Waals surface area contributed by atoms with E-state index < -0.39 is 18.4 Å². The highest BCUT2D eigenvalue weighted by Gasteiger charge is 2.20. The monoisotopic (exact) mass is 485 g/mol. The molecule has 0 spiro atoms. The van der Waals surface area contributed by atoms with Gasteiger partial charge in [-0.05, 0) is 42.5 Å². The predicted octanol–water partition coefficient (Wildman–Crippen LogP) is 4.94. The molecule has 168 valence electrons. The summed E-state index contributed by atoms with van der Waals surface area (Å²) in [7, 11) is 0. The normalized spacial score (nSPS) is 12.2. The number of anilines is 1. The molecule has 7 nitrogen and oxygen atoms in total. The van der Waals surface area contributed by atoms with Gasteiger partial charge in [0.1, 0.15) is 23.7 Å². The second kappa shape index (κ2) is 9.94. The molecule has 0 aromatic heterocycles. The molecule has 3 aromatic rings. The van der Waals surface area contributed by atoms with Crippen LogP contribution in [0.15, 0.2) is 60.7 Å². The smallest absolute Gasteiger partial charge is 0.342 e. The third kappa shape index (κ3) is 5.45. The lowest BCUT2D eigenvalue weighted by molar-refractivity contribution is -0.118. The number of hydrogen-bond donors (Lipinski definition) is 1. The van der Waals surface area contributed by atoms with Gasteiger partial charge in [-0.3, -0.25) is 9.59 Å². The minimum absolute atomic E-state index is 0.0798. The highest BCUT2D eigenvalue weighted by molar-refractivity contribution is 6.35. The second-order valence-electron chi connectivity index (χ2n) is 7.07. The average Bonchev–Trinajstić information content (AvgIpc) is 2.81. The Morgan fingerprint density at radius 1 is 1.03 bits per heavy atom. The maximum Gasteiger partial charge on any atom is 0.342 e. The molecule has 1 aliphatic heterocycles. The first-order chi connectivity index (χ1) is 15.9. The Labute approximate surface area is 199 Å². The molecule has 33 heavy (non-hydrogen) atoms. The van der Waals surface area contributed by atoms with E-state index in [4.69, 9.17) is 37.4 Å². The minimum Gasteiger partial charge on any atom is -0.488 e. The molecule has 0 atom stereocenters. The standard InChI is InChI=1S/C24H17Cl2NO6/c25-16-7-5-15(18(26)10-16)11-31-21-4-2-1-3-17(21)24(30)33-12-20(28)14-6-8-22-19(9-14)27-23(29)13-32-22/h1-10H,11-13H2,(H,27,29). The van der Waals surface area contributed by atoms with Crippen LogP contribution in [0, 0.1) is 0 Å². The van der Waals surface area contributed by atoms with E-state index in [0.717, 1.165) is 0 Å². The molecule has 4 rings (SSSR count). The summed E-state index contributed by atoms with van der Waals surface area (Å²) in [6, 6.07) is 16.2. The van der Waals surface area contributed by atoms with E-state index >= 15 is 0 Å². The lowest BCUT2D eigenvalue weighted by Gasteiger charge is -2.18. The number of rotatable bonds is 7. The van der Waals surface area contributed by atoms with Crippen molar-refractivity contribution in [2.75, 3.05) is 18.5 Å². The van der Waals surface area contributed by atoms with Gasteiger partial charge in [-0.15, -0.1) is 0 Å². The number of carbonyl (C=O) groups is 3. The molecule has 0 fully saturated rings. The van der Waals surface area contributed by atoms with Crippen LogP contribution < -0.4 is 14.8 Å². The molecule has 1 N–H and O–H groups in total. The van der Waals surface area contributed by atoms with E-state index in [1.54, 1.807) is 48.5 Å². The lowest BCUT2D eigenvalue weighted by atomic mass is 10.1. The zero-order valence-corrected chi connectivity index (χ0v) is 18.6. The molecular formula is C24H17Cl2NO6. The van der Waals surface area contributed by atoms with E-state index in [9.17, 15) is 14.4 Å². The van der Waals surface area contributed by atoms with Crippen LogP contribution in [0.3, 0.4) is 0 Å². The number of hydrogen-bond acceptors (Lipinski definition) is 6. The van der Waals surface area contributed by atoms with E-state index in [1.807, 2.05) is 0 Å². The minimum atomic E-state index is -0.712. The Kier molecular flexibility index (Phi) is 6.82. The molecule has 0 saturated heterocycles. The van der Waals surface area contributed by atoms with Crippen molar-refractivity contribution in [2.45, 2.75) is 6.61 Å². The number of ether oxygens (including phenoxy) is 3. The first-order valence-corrected chi connectivity index (χ1v) is 10.6. The number of carbonyl (C=O) groups excluding carboxylic acids is 3. The van der Waals surface area contributed by atoms with E-state index in [2.05, 4.69) is 5.32 Å². The summed E-state index contributed by atoms with van der Waals surface area (Å²) in [6.07, 6.45) is 0. The average molecular weight is 486 g/mol. The fourth-order valence-electron chi connectivity index (χ4n) is 3.10. The lowest BCUT2D eigenvalue weighted by Crippen LogP contribution is -2.25. The highest BCUT2D eigenvalue weighted by atomic mass is 35.5. The molecule has 0 unspecified atom stereocenters. The Hall–Kier alpha value is -3.55. The second-order valence-corrected chi connectivity index (χ2v) is 7.91. The molecule has 1 heterocycles. The van der Waals surface area contributed by atoms with Crippen molar-refractivity contribution < 1.29 is 28.6 Å². The van der Waals surface area contributed by atoms with Crippen LogP contribution in [0.25, 0.3) is 0 Å². The molecule has 0 bridgehead atoms. The van der Waals surface area contributed by atoms with E-state index in [-0.39, 0.29) is 36.0 Å². The predicted molar refractivity (Wildman–Crippen MR) is 122 cm³/mol. The summed E-state index contributed by atoms with van der Waals surface area (Å²) in [5, 5.41) is 3.58. The first-order valence-electron chi connectivity index (χ1n) is 9.83. The third-order valence-corrected chi connectivity index (χ3v) is 5.36. The van der Waals surface area contributed by atoms with Gasteiger partial charge in [0.15, 0.2) is 19.0 Å². The number of amides is 1. The topological polar surface area (TPSA) is 90.9 Å². The van der Waals surface area contributed by atoms with Gasteiger partial charge in [-0.25, -0.2) is 4.79 Å². The van der Waals surface area contributed by atoms with Gasteiger partial charge in [0.2, 0.25) is 0 Å². The molecule has 0 radical (unpaired) electrons. The summed E-state index contributed by atoms with van der Waals surface area (Å²) in [5.74, 6) is -0.701. The zero-order valence-electron chi connectivity index (χ0n) is 17.1. The van der Waals surface area contributed by atoms with Gasteiger partial charge in [-0.1, -0.05) is 41.4 Å². The molecule has 0 saturated carbocycles. The summed E-state index contributed by atoms with van der Waals surface area (Å²) in [4.78, 5) is 36.6. The van der Waals surface area contributed by atoms with Crippen molar-refractivity contribution in [3.63, 3.8) is 0 Å². The summed E-state index contributed by atoms with van der Waals surface area (Å²) in [5.41, 5.74) is 1.53. The molecule has 1 aliphatic rings. The Morgan fingerprint density at radius 3 is 2.67 bits per heavy atom. The number of para-hydroxylation sites is 1. The van der Waals surface area contributed by atoms with Gasteiger partial charge in [0.05, 0.1) is 5.69 Å². The number of benzene rings is 3. The van der Waals surface area contributed by atoms with Crippen LogP contribution in [0.5, 0.6) is 11.5 Å². The van der Waals surface area contributed by atoms with Crippen molar-refractivity contribution in [3.05, 3.63) is 87.4 Å². The van der Waals surface area contributed by atoms with Crippen LogP contribution in [0.2, 0.25) is 10.0 Å². The summed E-state index contributed by atoms with van der Waals surface area (Å²) < 4.78 is 16.2. The number of esters is 1. The van der Waals surface area contributed by atoms with Crippen molar-refractivity contribution >= 4 is 46.5 Å². The quantitative estimate of drug-likeness (QED) is 0.376. The van der Waals surface area contributed by atoms with Crippen molar-refractivity contribution in [2.24, 2.45) is 0 Å². The fraction of sp³-hybridized carbons (Fsp3) is 0.125. The number of Topliss-reactive ketones (excluding diaryl/α,β-unsaturated/α-hetero) is 1. The maximum absolute atomic E-state index is 12.6. The van der Waals surface area contributed by atoms with Gasteiger partial charge >= 0.3 is 5.97 Å². The van der Waals surface area contributed by atoms with Crippen LogP contribution in [-0.4, -0.2) is 30.9 Å². The molecule has 9 heteroatoms. The van der Waals surface area contributed by atoms with Crippen LogP contribution in [0.1, 0.15) is 26.3 Å². The van der Waals surface area contributed by atoms with Crippen LogP contribution >= 0.6 is 23.2 Å². The SMILES string of the molecule is O=C1COc2ccc(C(=O)COC(=O)c3ccccc3OCc3ccc(Cl)cc3Cl)cc2N1. The van der Waals surface area contributed by atoms with Crippen LogP contribution in [0.4, 0.5) is 5.69 Å². The summed E-state index contributed by atoms with van der Waals surface area (Å²) >= 11 is 12.1. The molecular weight excluding hydrogens is 469 g/mol. The largest absolute Gasteiger partial charge is 0.488 e. The number of nitrogens with one attached hydrogen (secondary N) is 1. The fourth-order valence-corrected chi connectivity index (χ4v) is 3.57. The van der Waals surface area contributed by atoms with E-state index in [0.29, 0.717) is 27.0 Å². The maximum atomic E-state index is 12.6. The number of halogens is 2.